The normalized spacial score (nSPS) is 23.0. The summed E-state index contributed by atoms with van der Waals surface area (Å²) in [6.45, 7) is 5.84. The van der Waals surface area contributed by atoms with E-state index in [1.165, 1.54) is 11.1 Å². The topological polar surface area (TPSA) is 44.5 Å². The molecule has 0 spiro atoms. The summed E-state index contributed by atoms with van der Waals surface area (Å²) < 4.78 is 11.1. The summed E-state index contributed by atoms with van der Waals surface area (Å²) in [5.74, 6) is 1.47. The van der Waals surface area contributed by atoms with Gasteiger partial charge in [-0.15, -0.1) is 0 Å². The zero-order valence-electron chi connectivity index (χ0n) is 12.0. The lowest BCUT2D eigenvalue weighted by molar-refractivity contribution is -0.0795. The van der Waals surface area contributed by atoms with Crippen molar-refractivity contribution in [1.29, 1.82) is 0 Å². The zero-order valence-corrected chi connectivity index (χ0v) is 12.0. The van der Waals surface area contributed by atoms with Crippen LogP contribution in [0, 0.1) is 0 Å². The Labute approximate surface area is 115 Å². The summed E-state index contributed by atoms with van der Waals surface area (Å²) in [7, 11) is 1.74. The molecule has 0 aromatic heterocycles. The van der Waals surface area contributed by atoms with Crippen LogP contribution in [0.25, 0.3) is 0 Å². The average Bonchev–Trinajstić information content (AvgIpc) is 3.07. The summed E-state index contributed by atoms with van der Waals surface area (Å²) in [5.41, 5.74) is 8.92. The van der Waals surface area contributed by atoms with E-state index in [1.54, 1.807) is 7.11 Å². The Bertz CT molecular complexity index is 488. The van der Waals surface area contributed by atoms with Crippen molar-refractivity contribution in [2.75, 3.05) is 20.3 Å². The molecule has 1 saturated heterocycles. The van der Waals surface area contributed by atoms with Crippen LogP contribution in [0.3, 0.4) is 0 Å². The van der Waals surface area contributed by atoms with Gasteiger partial charge in [0, 0.05) is 11.1 Å². The largest absolute Gasteiger partial charge is 0.496 e. The van der Waals surface area contributed by atoms with Crippen LogP contribution in [-0.4, -0.2) is 25.9 Å². The highest BCUT2D eigenvalue weighted by Crippen LogP contribution is 2.55. The Hall–Kier alpha value is -1.06. The molecule has 0 atom stereocenters. The van der Waals surface area contributed by atoms with Crippen molar-refractivity contribution in [2.45, 2.75) is 43.6 Å². The second-order valence-electron chi connectivity index (χ2n) is 6.35. The minimum atomic E-state index is -0.0854. The van der Waals surface area contributed by atoms with Gasteiger partial charge in [0.15, 0.2) is 0 Å². The summed E-state index contributed by atoms with van der Waals surface area (Å²) in [6, 6.07) is 6.56. The summed E-state index contributed by atoms with van der Waals surface area (Å²) in [4.78, 5) is 0. The van der Waals surface area contributed by atoms with Gasteiger partial charge in [-0.3, -0.25) is 0 Å². The smallest absolute Gasteiger partial charge is 0.123 e. The van der Waals surface area contributed by atoms with Crippen LogP contribution < -0.4 is 10.5 Å². The second-order valence-corrected chi connectivity index (χ2v) is 6.35. The molecule has 3 nitrogen and oxygen atoms in total. The van der Waals surface area contributed by atoms with Crippen LogP contribution >= 0.6 is 0 Å². The third-order valence-corrected chi connectivity index (χ3v) is 4.85. The van der Waals surface area contributed by atoms with Crippen LogP contribution in [0.15, 0.2) is 18.2 Å². The summed E-state index contributed by atoms with van der Waals surface area (Å²) in [6.07, 6.45) is 2.18. The van der Waals surface area contributed by atoms with Crippen LogP contribution in [0.2, 0.25) is 0 Å². The lowest BCUT2D eigenvalue weighted by atomic mass is 9.70. The van der Waals surface area contributed by atoms with Crippen molar-refractivity contribution in [1.82, 2.24) is 0 Å². The van der Waals surface area contributed by atoms with Crippen molar-refractivity contribution in [2.24, 2.45) is 5.73 Å². The van der Waals surface area contributed by atoms with Gasteiger partial charge in [0.2, 0.25) is 0 Å². The first-order valence-corrected chi connectivity index (χ1v) is 7.07. The van der Waals surface area contributed by atoms with E-state index >= 15 is 0 Å². The Morgan fingerprint density at radius 1 is 1.26 bits per heavy atom. The van der Waals surface area contributed by atoms with E-state index in [0.717, 1.165) is 31.8 Å². The number of hydrogen-bond donors (Lipinski definition) is 1. The highest BCUT2D eigenvalue weighted by molar-refractivity contribution is 5.48. The SMILES string of the molecule is COc1cc(C(C)C)ccc1C1(C2(N)CC2)COC1. The minimum Gasteiger partial charge on any atom is -0.496 e. The van der Waals surface area contributed by atoms with E-state index in [4.69, 9.17) is 15.2 Å². The third kappa shape index (κ3) is 1.79. The van der Waals surface area contributed by atoms with Crippen LogP contribution in [-0.2, 0) is 10.2 Å². The quantitative estimate of drug-likeness (QED) is 0.906. The molecule has 0 unspecified atom stereocenters. The Kier molecular flexibility index (Phi) is 2.88. The zero-order chi connectivity index (χ0) is 13.7. The van der Waals surface area contributed by atoms with E-state index in [0.29, 0.717) is 5.92 Å². The Balaban J connectivity index is 2.04. The molecule has 3 rings (SSSR count). The Morgan fingerprint density at radius 2 is 1.95 bits per heavy atom. The monoisotopic (exact) mass is 261 g/mol. The predicted octanol–water partition coefficient (Wildman–Crippen LogP) is 2.58. The van der Waals surface area contributed by atoms with E-state index in [1.807, 2.05) is 0 Å². The fourth-order valence-corrected chi connectivity index (χ4v) is 3.09. The molecule has 104 valence electrons. The molecular weight excluding hydrogens is 238 g/mol. The highest BCUT2D eigenvalue weighted by atomic mass is 16.5. The van der Waals surface area contributed by atoms with Gasteiger partial charge in [-0.05, 0) is 30.4 Å². The number of rotatable bonds is 4. The molecule has 1 aliphatic heterocycles. The van der Waals surface area contributed by atoms with Crippen LogP contribution in [0.5, 0.6) is 5.75 Å². The first-order chi connectivity index (χ1) is 9.02. The van der Waals surface area contributed by atoms with Crippen molar-refractivity contribution in [3.05, 3.63) is 29.3 Å². The second kappa shape index (κ2) is 4.22. The molecule has 1 heterocycles. The Morgan fingerprint density at radius 3 is 2.37 bits per heavy atom. The summed E-state index contributed by atoms with van der Waals surface area (Å²) in [5, 5.41) is 0. The molecule has 2 aliphatic rings. The first kappa shape index (κ1) is 12.9. The van der Waals surface area contributed by atoms with Crippen molar-refractivity contribution >= 4 is 0 Å². The number of methoxy groups -OCH3 is 1. The number of nitrogens with two attached hydrogens (primary N) is 1. The van der Waals surface area contributed by atoms with Crippen LogP contribution in [0.4, 0.5) is 0 Å². The molecule has 2 N–H and O–H groups in total. The first-order valence-electron chi connectivity index (χ1n) is 7.07. The standard InChI is InChI=1S/C16H23NO2/c1-11(2)12-4-5-13(14(8-12)18-3)15(9-19-10-15)16(17)6-7-16/h4-5,8,11H,6-7,9-10,17H2,1-3H3. The van der Waals surface area contributed by atoms with E-state index in [-0.39, 0.29) is 11.0 Å². The van der Waals surface area contributed by atoms with Gasteiger partial charge in [-0.2, -0.15) is 0 Å². The molecule has 1 aliphatic carbocycles. The van der Waals surface area contributed by atoms with Gasteiger partial charge in [-0.1, -0.05) is 26.0 Å². The van der Waals surface area contributed by atoms with E-state index in [9.17, 15) is 0 Å². The molecule has 3 heteroatoms. The minimum absolute atomic E-state index is 0.0339. The van der Waals surface area contributed by atoms with E-state index < -0.39 is 0 Å². The van der Waals surface area contributed by atoms with Crippen LogP contribution in [0.1, 0.15) is 43.7 Å². The third-order valence-electron chi connectivity index (χ3n) is 4.85. The average molecular weight is 261 g/mol. The van der Waals surface area contributed by atoms with Gasteiger partial charge in [0.05, 0.1) is 25.7 Å². The van der Waals surface area contributed by atoms with Gasteiger partial charge in [-0.25, -0.2) is 0 Å². The highest BCUT2D eigenvalue weighted by Gasteiger charge is 2.62. The molecule has 0 radical (unpaired) electrons. The molecule has 1 saturated carbocycles. The number of ether oxygens (including phenoxy) is 2. The maximum atomic E-state index is 6.50. The molecule has 19 heavy (non-hydrogen) atoms. The summed E-state index contributed by atoms with van der Waals surface area (Å²) >= 11 is 0. The molecule has 0 amide bonds. The number of hydrogen-bond acceptors (Lipinski definition) is 3. The number of benzene rings is 1. The fourth-order valence-electron chi connectivity index (χ4n) is 3.09. The lowest BCUT2D eigenvalue weighted by Gasteiger charge is -2.47. The molecule has 2 fully saturated rings. The maximum absolute atomic E-state index is 6.50. The van der Waals surface area contributed by atoms with Crippen molar-refractivity contribution in [3.63, 3.8) is 0 Å². The van der Waals surface area contributed by atoms with Gasteiger partial charge < -0.3 is 15.2 Å². The van der Waals surface area contributed by atoms with E-state index in [2.05, 4.69) is 32.0 Å². The van der Waals surface area contributed by atoms with Gasteiger partial charge in [0.1, 0.15) is 5.75 Å². The lowest BCUT2D eigenvalue weighted by Crippen LogP contribution is -2.60. The molecular formula is C16H23NO2. The van der Waals surface area contributed by atoms with Gasteiger partial charge in [0.25, 0.3) is 0 Å². The van der Waals surface area contributed by atoms with Gasteiger partial charge >= 0.3 is 0 Å². The predicted molar refractivity (Wildman–Crippen MR) is 75.7 cm³/mol. The molecule has 1 aromatic carbocycles. The van der Waals surface area contributed by atoms with Crippen molar-refractivity contribution in [3.8, 4) is 5.75 Å². The fraction of sp³-hybridized carbons (Fsp3) is 0.625. The van der Waals surface area contributed by atoms with Crippen molar-refractivity contribution < 1.29 is 9.47 Å². The molecule has 0 bridgehead atoms. The maximum Gasteiger partial charge on any atom is 0.123 e. The molecule has 1 aromatic rings.